The summed E-state index contributed by atoms with van der Waals surface area (Å²) in [6.45, 7) is 4.70. The van der Waals surface area contributed by atoms with Crippen molar-refractivity contribution < 1.29 is 9.90 Å². The Kier molecular flexibility index (Phi) is 5.95. The van der Waals surface area contributed by atoms with E-state index in [0.29, 0.717) is 12.6 Å². The number of carbonyl (C=O) groups excluding carboxylic acids is 1. The maximum absolute atomic E-state index is 12.7. The first kappa shape index (κ1) is 16.2. The van der Waals surface area contributed by atoms with Crippen LogP contribution < -0.4 is 0 Å². The number of ketones is 1. The molecule has 1 atom stereocenters. The summed E-state index contributed by atoms with van der Waals surface area (Å²) in [5.74, 6) is 0.161. The monoisotopic (exact) mass is 289 g/mol. The van der Waals surface area contributed by atoms with Crippen LogP contribution in [0, 0.1) is 6.92 Å². The molecule has 1 aliphatic rings. The normalized spacial score (nSPS) is 17.9. The van der Waals surface area contributed by atoms with Crippen LogP contribution in [0.15, 0.2) is 24.3 Å². The number of Topliss-reactive ketones (excluding diaryl/α,β-unsaturated/α-hetero) is 1. The van der Waals surface area contributed by atoms with Crippen molar-refractivity contribution in [3.8, 4) is 0 Å². The second kappa shape index (κ2) is 7.71. The number of aliphatic hydroxyl groups is 1. The zero-order chi connectivity index (χ0) is 15.2. The van der Waals surface area contributed by atoms with Gasteiger partial charge in [0.15, 0.2) is 5.78 Å². The molecule has 1 aromatic rings. The Morgan fingerprint density at radius 1 is 1.24 bits per heavy atom. The van der Waals surface area contributed by atoms with Crippen LogP contribution in [-0.2, 0) is 0 Å². The molecule has 2 rings (SSSR count). The van der Waals surface area contributed by atoms with Crippen molar-refractivity contribution in [2.24, 2.45) is 0 Å². The van der Waals surface area contributed by atoms with Crippen LogP contribution in [-0.4, -0.2) is 41.0 Å². The SMILES string of the molecule is Cc1ccc(C(=O)C(C)N(CCO)C2CCCCC2)cc1. The zero-order valence-electron chi connectivity index (χ0n) is 13.2. The first-order valence-electron chi connectivity index (χ1n) is 8.11. The number of carbonyl (C=O) groups is 1. The first-order chi connectivity index (χ1) is 10.1. The highest BCUT2D eigenvalue weighted by Gasteiger charge is 2.29. The van der Waals surface area contributed by atoms with Gasteiger partial charge >= 0.3 is 0 Å². The molecule has 0 amide bonds. The number of aliphatic hydroxyl groups excluding tert-OH is 1. The van der Waals surface area contributed by atoms with E-state index in [1.165, 1.54) is 24.8 Å². The Balaban J connectivity index is 2.10. The number of rotatable bonds is 6. The molecule has 116 valence electrons. The molecule has 1 aromatic carbocycles. The highest BCUT2D eigenvalue weighted by atomic mass is 16.3. The van der Waals surface area contributed by atoms with Gasteiger partial charge in [-0.15, -0.1) is 0 Å². The Bertz CT molecular complexity index is 449. The van der Waals surface area contributed by atoms with Crippen molar-refractivity contribution in [2.45, 2.75) is 58.0 Å². The van der Waals surface area contributed by atoms with Crippen molar-refractivity contribution >= 4 is 5.78 Å². The Morgan fingerprint density at radius 3 is 2.43 bits per heavy atom. The lowest BCUT2D eigenvalue weighted by atomic mass is 9.92. The maximum atomic E-state index is 12.7. The minimum absolute atomic E-state index is 0.113. The van der Waals surface area contributed by atoms with Crippen molar-refractivity contribution in [3.63, 3.8) is 0 Å². The molecule has 1 N–H and O–H groups in total. The van der Waals surface area contributed by atoms with Gasteiger partial charge in [0.25, 0.3) is 0 Å². The summed E-state index contributed by atoms with van der Waals surface area (Å²) < 4.78 is 0. The van der Waals surface area contributed by atoms with Gasteiger partial charge < -0.3 is 5.11 Å². The van der Waals surface area contributed by atoms with Crippen LogP contribution >= 0.6 is 0 Å². The Hall–Kier alpha value is -1.19. The molecule has 0 radical (unpaired) electrons. The van der Waals surface area contributed by atoms with Crippen molar-refractivity contribution in [1.29, 1.82) is 0 Å². The van der Waals surface area contributed by atoms with Crippen molar-refractivity contribution in [1.82, 2.24) is 4.90 Å². The summed E-state index contributed by atoms with van der Waals surface area (Å²) in [6, 6.07) is 8.06. The molecule has 1 saturated carbocycles. The largest absolute Gasteiger partial charge is 0.395 e. The fourth-order valence-electron chi connectivity index (χ4n) is 3.33. The molecule has 3 nitrogen and oxygen atoms in total. The first-order valence-corrected chi connectivity index (χ1v) is 8.11. The standard InChI is InChI=1S/C18H27NO2/c1-14-8-10-16(11-9-14)18(21)15(2)19(12-13-20)17-6-4-3-5-7-17/h8-11,15,17,20H,3-7,12-13H2,1-2H3. The lowest BCUT2D eigenvalue weighted by Crippen LogP contribution is -2.47. The van der Waals surface area contributed by atoms with Crippen molar-refractivity contribution in [2.75, 3.05) is 13.2 Å². The van der Waals surface area contributed by atoms with E-state index >= 15 is 0 Å². The molecule has 3 heteroatoms. The molecule has 1 fully saturated rings. The summed E-state index contributed by atoms with van der Waals surface area (Å²) in [4.78, 5) is 14.9. The number of nitrogens with zero attached hydrogens (tertiary/aromatic N) is 1. The molecule has 1 unspecified atom stereocenters. The van der Waals surface area contributed by atoms with E-state index < -0.39 is 0 Å². The summed E-state index contributed by atoms with van der Waals surface area (Å²) >= 11 is 0. The van der Waals surface area contributed by atoms with Gasteiger partial charge in [0.2, 0.25) is 0 Å². The molecule has 0 aromatic heterocycles. The number of hydrogen-bond acceptors (Lipinski definition) is 3. The van der Waals surface area contributed by atoms with Gasteiger partial charge in [0.1, 0.15) is 0 Å². The minimum atomic E-state index is -0.164. The van der Waals surface area contributed by atoms with Crippen LogP contribution in [0.2, 0.25) is 0 Å². The van der Waals surface area contributed by atoms with Crippen LogP contribution in [0.5, 0.6) is 0 Å². The Labute approximate surface area is 128 Å². The molecule has 0 saturated heterocycles. The van der Waals surface area contributed by atoms with Crippen LogP contribution in [0.4, 0.5) is 0 Å². The maximum Gasteiger partial charge on any atom is 0.179 e. The number of aryl methyl sites for hydroxylation is 1. The minimum Gasteiger partial charge on any atom is -0.395 e. The second-order valence-electron chi connectivity index (χ2n) is 6.16. The summed E-state index contributed by atoms with van der Waals surface area (Å²) in [6.07, 6.45) is 6.05. The van der Waals surface area contributed by atoms with E-state index in [1.54, 1.807) is 0 Å². The predicted octanol–water partition coefficient (Wildman–Crippen LogP) is 3.19. The van der Waals surface area contributed by atoms with Crippen LogP contribution in [0.25, 0.3) is 0 Å². The van der Waals surface area contributed by atoms with Gasteiger partial charge in [-0.2, -0.15) is 0 Å². The van der Waals surface area contributed by atoms with Crippen LogP contribution in [0.1, 0.15) is 54.9 Å². The van der Waals surface area contributed by atoms with Gasteiger partial charge in [-0.25, -0.2) is 0 Å². The van der Waals surface area contributed by atoms with E-state index in [2.05, 4.69) is 4.90 Å². The molecule has 1 aliphatic carbocycles. The van der Waals surface area contributed by atoms with Gasteiger partial charge in [-0.3, -0.25) is 9.69 Å². The highest BCUT2D eigenvalue weighted by Crippen LogP contribution is 2.25. The zero-order valence-corrected chi connectivity index (χ0v) is 13.2. The molecule has 0 spiro atoms. The second-order valence-corrected chi connectivity index (χ2v) is 6.16. The molecule has 0 bridgehead atoms. The lowest BCUT2D eigenvalue weighted by molar-refractivity contribution is 0.0628. The van der Waals surface area contributed by atoms with Crippen molar-refractivity contribution in [3.05, 3.63) is 35.4 Å². The van der Waals surface area contributed by atoms with E-state index in [0.717, 1.165) is 18.4 Å². The van der Waals surface area contributed by atoms with E-state index in [1.807, 2.05) is 38.1 Å². The fraction of sp³-hybridized carbons (Fsp3) is 0.611. The third-order valence-corrected chi connectivity index (χ3v) is 4.61. The summed E-state index contributed by atoms with van der Waals surface area (Å²) in [5, 5.41) is 9.35. The molecular formula is C18H27NO2. The summed E-state index contributed by atoms with van der Waals surface area (Å²) in [5.41, 5.74) is 1.94. The van der Waals surface area contributed by atoms with Gasteiger partial charge in [0.05, 0.1) is 12.6 Å². The quantitative estimate of drug-likeness (QED) is 0.818. The molecule has 0 aliphatic heterocycles. The van der Waals surface area contributed by atoms with Gasteiger partial charge in [-0.1, -0.05) is 49.1 Å². The third-order valence-electron chi connectivity index (χ3n) is 4.61. The lowest BCUT2D eigenvalue weighted by Gasteiger charge is -2.37. The molecule has 0 heterocycles. The highest BCUT2D eigenvalue weighted by molar-refractivity contribution is 5.99. The average Bonchev–Trinajstić information content (AvgIpc) is 2.53. The number of hydrogen-bond donors (Lipinski definition) is 1. The van der Waals surface area contributed by atoms with Gasteiger partial charge in [-0.05, 0) is 26.7 Å². The van der Waals surface area contributed by atoms with E-state index in [4.69, 9.17) is 0 Å². The Morgan fingerprint density at radius 2 is 1.86 bits per heavy atom. The third kappa shape index (κ3) is 4.14. The smallest absolute Gasteiger partial charge is 0.179 e. The topological polar surface area (TPSA) is 40.5 Å². The predicted molar refractivity (Wildman–Crippen MR) is 85.6 cm³/mol. The fourth-order valence-corrected chi connectivity index (χ4v) is 3.33. The van der Waals surface area contributed by atoms with Crippen LogP contribution in [0.3, 0.4) is 0 Å². The summed E-state index contributed by atoms with van der Waals surface area (Å²) in [7, 11) is 0. The van der Waals surface area contributed by atoms with Gasteiger partial charge in [0, 0.05) is 18.2 Å². The van der Waals surface area contributed by atoms with E-state index in [-0.39, 0.29) is 18.4 Å². The average molecular weight is 289 g/mol. The molecular weight excluding hydrogens is 262 g/mol. The molecule has 21 heavy (non-hydrogen) atoms. The van der Waals surface area contributed by atoms with E-state index in [9.17, 15) is 9.90 Å². The number of benzene rings is 1.